The zero-order valence-corrected chi connectivity index (χ0v) is 35.6. The summed E-state index contributed by atoms with van der Waals surface area (Å²) in [5.74, 6) is -0.0675. The Hall–Kier alpha value is -2.29. The number of aliphatic carboxylic acids is 1. The van der Waals surface area contributed by atoms with Crippen molar-refractivity contribution in [2.24, 2.45) is 56.2 Å². The van der Waals surface area contributed by atoms with Crippen LogP contribution in [0.1, 0.15) is 146 Å². The third-order valence-corrected chi connectivity index (χ3v) is 16.8. The van der Waals surface area contributed by atoms with E-state index in [1.807, 2.05) is 12.1 Å². The molecule has 300 valence electrons. The van der Waals surface area contributed by atoms with Crippen molar-refractivity contribution in [1.82, 2.24) is 10.3 Å². The van der Waals surface area contributed by atoms with Crippen LogP contribution in [-0.4, -0.2) is 51.7 Å². The SMILES string of the molecule is CC(C)C1=C2C3CC[C@@H]4C5(C)CC[C@H](OC(=O)CC(C)(C)C(=O)O)C(C)(C)C5CC[C@@]4(C)[C@]3(C)CC[C@@]2([C@@H](O)CNC(C)(C)c2ccc(Cl)cn2)CC1=O. The van der Waals surface area contributed by atoms with E-state index >= 15 is 0 Å². The minimum atomic E-state index is -1.17. The van der Waals surface area contributed by atoms with Crippen LogP contribution in [0.3, 0.4) is 0 Å². The molecule has 0 aliphatic heterocycles. The number of rotatable bonds is 10. The van der Waals surface area contributed by atoms with Crippen LogP contribution in [-0.2, 0) is 24.7 Å². The number of hydrogen-bond donors (Lipinski definition) is 3. The highest BCUT2D eigenvalue weighted by atomic mass is 35.5. The number of nitrogens with zero attached hydrogens (tertiary/aromatic N) is 1. The maximum Gasteiger partial charge on any atom is 0.309 e. The summed E-state index contributed by atoms with van der Waals surface area (Å²) >= 11 is 6.13. The number of aliphatic hydroxyl groups excluding tert-OH is 1. The van der Waals surface area contributed by atoms with E-state index in [4.69, 9.17) is 16.3 Å². The molecule has 9 atom stereocenters. The van der Waals surface area contributed by atoms with Gasteiger partial charge in [-0.2, -0.15) is 0 Å². The van der Waals surface area contributed by atoms with Gasteiger partial charge in [-0.05, 0) is 137 Å². The highest BCUT2D eigenvalue weighted by molar-refractivity contribution is 6.30. The summed E-state index contributed by atoms with van der Waals surface area (Å²) in [6.45, 7) is 24.1. The largest absolute Gasteiger partial charge is 0.481 e. The first-order chi connectivity index (χ1) is 24.9. The molecule has 54 heavy (non-hydrogen) atoms. The Morgan fingerprint density at radius 3 is 2.26 bits per heavy atom. The Kier molecular flexibility index (Phi) is 10.5. The molecule has 6 rings (SSSR count). The minimum Gasteiger partial charge on any atom is -0.481 e. The fourth-order valence-corrected chi connectivity index (χ4v) is 13.4. The fraction of sp³-hybridized carbons (Fsp3) is 0.778. The molecule has 3 N–H and O–H groups in total. The molecule has 1 aromatic heterocycles. The summed E-state index contributed by atoms with van der Waals surface area (Å²) in [7, 11) is 0. The number of ether oxygens (including phenoxy) is 1. The molecule has 0 amide bonds. The predicted molar refractivity (Wildman–Crippen MR) is 212 cm³/mol. The lowest BCUT2D eigenvalue weighted by Crippen LogP contribution is -2.66. The van der Waals surface area contributed by atoms with Gasteiger partial charge in [0.05, 0.1) is 34.2 Å². The van der Waals surface area contributed by atoms with Crippen molar-refractivity contribution in [2.45, 2.75) is 158 Å². The van der Waals surface area contributed by atoms with Crippen molar-refractivity contribution in [3.63, 3.8) is 0 Å². The Labute approximate surface area is 329 Å². The number of carboxylic acid groups (broad SMARTS) is 1. The molecule has 4 saturated carbocycles. The number of pyridine rings is 1. The normalized spacial score (nSPS) is 36.9. The molecule has 1 heterocycles. The molecule has 8 nitrogen and oxygen atoms in total. The van der Waals surface area contributed by atoms with Gasteiger partial charge >= 0.3 is 11.9 Å². The van der Waals surface area contributed by atoms with Gasteiger partial charge < -0.3 is 20.3 Å². The van der Waals surface area contributed by atoms with Gasteiger partial charge in [0.25, 0.3) is 0 Å². The summed E-state index contributed by atoms with van der Waals surface area (Å²) in [4.78, 5) is 43.6. The van der Waals surface area contributed by atoms with E-state index in [2.05, 4.69) is 72.6 Å². The first-order valence-corrected chi connectivity index (χ1v) is 21.0. The van der Waals surface area contributed by atoms with Crippen molar-refractivity contribution >= 4 is 29.3 Å². The summed E-state index contributed by atoms with van der Waals surface area (Å²) in [6, 6.07) is 3.76. The van der Waals surface area contributed by atoms with Gasteiger partial charge in [-0.3, -0.25) is 19.4 Å². The smallest absolute Gasteiger partial charge is 0.309 e. The molecule has 0 aromatic carbocycles. The Bertz CT molecular complexity index is 1700. The van der Waals surface area contributed by atoms with E-state index in [0.29, 0.717) is 29.8 Å². The lowest BCUT2D eigenvalue weighted by Gasteiger charge is -2.72. The number of halogens is 1. The number of nitrogens with one attached hydrogen (secondary N) is 1. The first-order valence-electron chi connectivity index (χ1n) is 20.6. The molecule has 0 saturated heterocycles. The second-order valence-electron chi connectivity index (χ2n) is 20.9. The Balaban J connectivity index is 1.27. The van der Waals surface area contributed by atoms with Gasteiger partial charge in [0.15, 0.2) is 5.78 Å². The fourth-order valence-electron chi connectivity index (χ4n) is 13.3. The van der Waals surface area contributed by atoms with Crippen LogP contribution in [0, 0.1) is 56.2 Å². The molecular weight excluding hydrogens is 700 g/mol. The number of aromatic nitrogens is 1. The van der Waals surface area contributed by atoms with Crippen LogP contribution in [0.5, 0.6) is 0 Å². The molecule has 4 fully saturated rings. The number of Topliss-reactive ketones (excluding diaryl/α,β-unsaturated/α-hetero) is 1. The third-order valence-electron chi connectivity index (χ3n) is 16.6. The van der Waals surface area contributed by atoms with Gasteiger partial charge in [0.2, 0.25) is 0 Å². The van der Waals surface area contributed by atoms with E-state index < -0.39 is 34.4 Å². The number of ketones is 1. The topological polar surface area (TPSA) is 126 Å². The lowest BCUT2D eigenvalue weighted by molar-refractivity contribution is -0.235. The standard InChI is InChI=1S/C45H67ClN2O6/c1-26(2)36-29(49)22-45(33(50)25-48-41(7,8)32-15-12-27(46)24-47-32)21-20-43(10)28(37(36)45)13-14-31-42(9)18-17-34(54-35(51)23-39(3,4)38(52)53)40(5,6)30(42)16-19-44(31,43)11/h12,15,24,26,28,30-31,33-34,48,50H,13-14,16-23,25H2,1-11H3,(H,52,53)/t28?,30?,31-,33+,34+,42?,43-,44-,45+/m1/s1. The first kappa shape index (κ1) is 41.3. The monoisotopic (exact) mass is 766 g/mol. The van der Waals surface area contributed by atoms with Crippen LogP contribution in [0.15, 0.2) is 29.5 Å². The summed E-state index contributed by atoms with van der Waals surface area (Å²) in [5, 5.41) is 26.2. The molecule has 0 spiro atoms. The predicted octanol–water partition coefficient (Wildman–Crippen LogP) is 9.31. The molecule has 1 aromatic rings. The number of hydrogen-bond acceptors (Lipinski definition) is 7. The van der Waals surface area contributed by atoms with Crippen molar-refractivity contribution in [2.75, 3.05) is 6.54 Å². The lowest BCUT2D eigenvalue weighted by atomic mass is 9.33. The molecule has 0 bridgehead atoms. The second kappa shape index (κ2) is 13.7. The molecular formula is C45H67ClN2O6. The molecule has 3 unspecified atom stereocenters. The van der Waals surface area contributed by atoms with Gasteiger partial charge in [-0.15, -0.1) is 0 Å². The van der Waals surface area contributed by atoms with Gasteiger partial charge in [0.1, 0.15) is 6.10 Å². The van der Waals surface area contributed by atoms with Crippen LogP contribution in [0.2, 0.25) is 5.02 Å². The summed E-state index contributed by atoms with van der Waals surface area (Å²) in [6.07, 6.45) is 8.59. The molecule has 5 aliphatic carbocycles. The molecule has 9 heteroatoms. The van der Waals surface area contributed by atoms with E-state index in [-0.39, 0.29) is 51.8 Å². The zero-order chi connectivity index (χ0) is 40.0. The van der Waals surface area contributed by atoms with E-state index in [9.17, 15) is 24.6 Å². The van der Waals surface area contributed by atoms with Crippen molar-refractivity contribution in [3.05, 3.63) is 40.2 Å². The van der Waals surface area contributed by atoms with Crippen LogP contribution >= 0.6 is 11.6 Å². The van der Waals surface area contributed by atoms with Crippen LogP contribution < -0.4 is 5.32 Å². The van der Waals surface area contributed by atoms with Crippen LogP contribution in [0.4, 0.5) is 0 Å². The number of aliphatic hydroxyl groups is 1. The van der Waals surface area contributed by atoms with Crippen molar-refractivity contribution in [3.8, 4) is 0 Å². The average molecular weight is 767 g/mol. The number of allylic oxidation sites excluding steroid dienone is 1. The zero-order valence-electron chi connectivity index (χ0n) is 34.8. The third kappa shape index (κ3) is 6.31. The minimum absolute atomic E-state index is 0.0323. The summed E-state index contributed by atoms with van der Waals surface area (Å²) < 4.78 is 6.17. The van der Waals surface area contributed by atoms with Crippen molar-refractivity contribution < 1.29 is 29.3 Å². The Morgan fingerprint density at radius 2 is 1.65 bits per heavy atom. The van der Waals surface area contributed by atoms with Gasteiger partial charge in [-0.1, -0.05) is 65.6 Å². The average Bonchev–Trinajstić information content (AvgIpc) is 3.38. The quantitative estimate of drug-likeness (QED) is 0.201. The number of carbonyl (C=O) groups excluding carboxylic acids is 2. The number of esters is 1. The van der Waals surface area contributed by atoms with E-state index in [1.165, 1.54) is 5.57 Å². The van der Waals surface area contributed by atoms with Crippen LogP contribution in [0.25, 0.3) is 0 Å². The van der Waals surface area contributed by atoms with Crippen molar-refractivity contribution in [1.29, 1.82) is 0 Å². The maximum atomic E-state index is 14.1. The highest BCUT2D eigenvalue weighted by Gasteiger charge is 2.70. The van der Waals surface area contributed by atoms with E-state index in [0.717, 1.165) is 62.6 Å². The number of carbonyl (C=O) groups is 3. The summed E-state index contributed by atoms with van der Waals surface area (Å²) in [5.41, 5.74) is 0.618. The second-order valence-corrected chi connectivity index (χ2v) is 21.4. The number of carboxylic acids is 1. The number of fused-ring (bicyclic) bond motifs is 7. The Morgan fingerprint density at radius 1 is 0.963 bits per heavy atom. The highest BCUT2D eigenvalue weighted by Crippen LogP contribution is 2.77. The van der Waals surface area contributed by atoms with E-state index in [1.54, 1.807) is 20.0 Å². The molecule has 0 radical (unpaired) electrons. The van der Waals surface area contributed by atoms with Gasteiger partial charge in [-0.25, -0.2) is 0 Å². The maximum absolute atomic E-state index is 14.1. The molecule has 5 aliphatic rings. The van der Waals surface area contributed by atoms with Gasteiger partial charge in [0, 0.05) is 30.0 Å².